The molecule has 6 heteroatoms. The van der Waals surface area contributed by atoms with Gasteiger partial charge in [-0.25, -0.2) is 0 Å². The monoisotopic (exact) mass is 363 g/mol. The number of rotatable bonds is 10. The van der Waals surface area contributed by atoms with Gasteiger partial charge in [0.2, 0.25) is 0 Å². The normalized spacial score (nSPS) is 17.2. The van der Waals surface area contributed by atoms with Crippen molar-refractivity contribution in [2.75, 3.05) is 26.3 Å². The van der Waals surface area contributed by atoms with Crippen LogP contribution in [-0.2, 0) is 18.2 Å². The van der Waals surface area contributed by atoms with E-state index in [1.165, 1.54) is 24.1 Å². The van der Waals surface area contributed by atoms with E-state index in [1.54, 1.807) is 0 Å². The quantitative estimate of drug-likeness (QED) is 0.381. The lowest BCUT2D eigenvalue weighted by molar-refractivity contribution is 0.129. The summed E-state index contributed by atoms with van der Waals surface area (Å²) in [4.78, 5) is 4.88. The van der Waals surface area contributed by atoms with E-state index in [0.717, 1.165) is 50.8 Å². The molecule has 0 bridgehead atoms. The number of nitrogens with zero attached hydrogens (tertiary/aromatic N) is 3. The molecular formula is C20H37N5O. The molecule has 1 unspecified atom stereocenters. The van der Waals surface area contributed by atoms with Crippen molar-refractivity contribution in [2.24, 2.45) is 17.5 Å². The number of aliphatic imine (C=N–C) groups is 1. The Morgan fingerprint density at radius 3 is 2.62 bits per heavy atom. The number of aryl methyl sites for hydroxylation is 2. The summed E-state index contributed by atoms with van der Waals surface area (Å²) in [7, 11) is 2.01. The number of hydrogen-bond acceptors (Lipinski definition) is 3. The molecule has 1 saturated carbocycles. The minimum Gasteiger partial charge on any atom is -0.382 e. The third-order valence-electron chi connectivity index (χ3n) is 5.41. The van der Waals surface area contributed by atoms with E-state index in [9.17, 15) is 0 Å². The predicted molar refractivity (Wildman–Crippen MR) is 108 cm³/mol. The van der Waals surface area contributed by atoms with Crippen molar-refractivity contribution >= 4 is 5.96 Å². The zero-order valence-electron chi connectivity index (χ0n) is 17.5. The molecule has 6 nitrogen and oxygen atoms in total. The van der Waals surface area contributed by atoms with Gasteiger partial charge >= 0.3 is 0 Å². The molecule has 1 aliphatic rings. The first-order valence-electron chi connectivity index (χ1n) is 10.0. The number of nitrogens with one attached hydrogen (secondary N) is 2. The van der Waals surface area contributed by atoms with Crippen LogP contribution in [-0.4, -0.2) is 48.1 Å². The van der Waals surface area contributed by atoms with Crippen LogP contribution in [0.2, 0.25) is 0 Å². The Morgan fingerprint density at radius 1 is 1.35 bits per heavy atom. The summed E-state index contributed by atoms with van der Waals surface area (Å²) in [5.74, 6) is 0.918. The maximum Gasteiger partial charge on any atom is 0.191 e. The largest absolute Gasteiger partial charge is 0.382 e. The smallest absolute Gasteiger partial charge is 0.191 e. The van der Waals surface area contributed by atoms with E-state index >= 15 is 0 Å². The third-order valence-corrected chi connectivity index (χ3v) is 5.41. The summed E-state index contributed by atoms with van der Waals surface area (Å²) in [5, 5.41) is 11.5. The first-order valence-corrected chi connectivity index (χ1v) is 10.0. The average Bonchev–Trinajstić information content (AvgIpc) is 3.32. The second-order valence-electron chi connectivity index (χ2n) is 7.66. The molecule has 2 rings (SSSR count). The molecule has 2 N–H and O–H groups in total. The van der Waals surface area contributed by atoms with Gasteiger partial charge in [-0.15, -0.1) is 0 Å². The molecule has 0 aliphatic heterocycles. The lowest BCUT2D eigenvalue weighted by Gasteiger charge is -2.19. The van der Waals surface area contributed by atoms with Gasteiger partial charge in [0.1, 0.15) is 0 Å². The summed E-state index contributed by atoms with van der Waals surface area (Å²) in [6, 6.07) is 0.299. The van der Waals surface area contributed by atoms with Crippen molar-refractivity contribution in [3.63, 3.8) is 0 Å². The molecule has 0 amide bonds. The third kappa shape index (κ3) is 5.73. The Labute approximate surface area is 158 Å². The maximum absolute atomic E-state index is 5.53. The summed E-state index contributed by atoms with van der Waals surface area (Å²) in [6.07, 6.45) is 4.61. The average molecular weight is 364 g/mol. The second kappa shape index (κ2) is 9.40. The van der Waals surface area contributed by atoms with E-state index in [2.05, 4.69) is 50.4 Å². The van der Waals surface area contributed by atoms with Gasteiger partial charge in [0.15, 0.2) is 5.96 Å². The van der Waals surface area contributed by atoms with Gasteiger partial charge in [0, 0.05) is 45.1 Å². The molecule has 1 aliphatic carbocycles. The fraction of sp³-hybridized carbons (Fsp3) is 0.800. The van der Waals surface area contributed by atoms with Crippen molar-refractivity contribution in [3.8, 4) is 0 Å². The van der Waals surface area contributed by atoms with Gasteiger partial charge in [-0.05, 0) is 71.3 Å². The van der Waals surface area contributed by atoms with Crippen molar-refractivity contribution in [3.05, 3.63) is 17.0 Å². The zero-order chi connectivity index (χ0) is 19.2. The molecule has 1 atom stereocenters. The lowest BCUT2D eigenvalue weighted by atomic mass is 10.0. The molecule has 0 radical (unpaired) electrons. The topological polar surface area (TPSA) is 63.5 Å². The number of aromatic nitrogens is 2. The van der Waals surface area contributed by atoms with Crippen LogP contribution in [0.5, 0.6) is 0 Å². The lowest BCUT2D eigenvalue weighted by Crippen LogP contribution is -2.43. The molecular weight excluding hydrogens is 326 g/mol. The molecule has 0 saturated heterocycles. The maximum atomic E-state index is 5.53. The van der Waals surface area contributed by atoms with Gasteiger partial charge in [0.05, 0.1) is 5.69 Å². The Hall–Kier alpha value is -1.56. The van der Waals surface area contributed by atoms with E-state index in [0.29, 0.717) is 11.5 Å². The minimum atomic E-state index is 0.299. The van der Waals surface area contributed by atoms with E-state index in [4.69, 9.17) is 9.73 Å². The number of hydrogen-bond donors (Lipinski definition) is 2. The molecule has 148 valence electrons. The molecule has 0 spiro atoms. The van der Waals surface area contributed by atoms with Crippen LogP contribution in [0.3, 0.4) is 0 Å². The Morgan fingerprint density at radius 2 is 2.08 bits per heavy atom. The van der Waals surface area contributed by atoms with Crippen LogP contribution in [0.25, 0.3) is 0 Å². The van der Waals surface area contributed by atoms with Gasteiger partial charge in [0.25, 0.3) is 0 Å². The highest BCUT2D eigenvalue weighted by atomic mass is 16.5. The fourth-order valence-corrected chi connectivity index (χ4v) is 3.37. The molecule has 26 heavy (non-hydrogen) atoms. The Bertz CT molecular complexity index is 604. The molecule has 1 heterocycles. The Balaban J connectivity index is 1.92. The van der Waals surface area contributed by atoms with Crippen LogP contribution < -0.4 is 10.6 Å². The summed E-state index contributed by atoms with van der Waals surface area (Å²) in [6.45, 7) is 14.0. The highest BCUT2D eigenvalue weighted by Gasteiger charge is 2.41. The van der Waals surface area contributed by atoms with E-state index in [-0.39, 0.29) is 0 Å². The highest BCUT2D eigenvalue weighted by molar-refractivity contribution is 5.80. The highest BCUT2D eigenvalue weighted by Crippen LogP contribution is 2.49. The summed E-state index contributed by atoms with van der Waals surface area (Å²) < 4.78 is 7.50. The Kier molecular flexibility index (Phi) is 7.50. The molecule has 1 aromatic heterocycles. The first-order chi connectivity index (χ1) is 12.4. The predicted octanol–water partition coefficient (Wildman–Crippen LogP) is 2.73. The van der Waals surface area contributed by atoms with Crippen LogP contribution in [0.1, 0.15) is 57.0 Å². The van der Waals surface area contributed by atoms with E-state index in [1.807, 2.05) is 11.7 Å². The summed E-state index contributed by atoms with van der Waals surface area (Å²) >= 11 is 0. The minimum absolute atomic E-state index is 0.299. The van der Waals surface area contributed by atoms with Gasteiger partial charge in [-0.1, -0.05) is 0 Å². The first kappa shape index (κ1) is 20.7. The van der Waals surface area contributed by atoms with Gasteiger partial charge < -0.3 is 15.4 Å². The van der Waals surface area contributed by atoms with Crippen molar-refractivity contribution in [1.82, 2.24) is 20.4 Å². The number of guanidine groups is 1. The SMILES string of the molecule is CCNC(=NCC1(CCOCC)CC1)NC(C)Cc1c(C)nn(C)c1C. The van der Waals surface area contributed by atoms with Gasteiger partial charge in [-0.3, -0.25) is 9.67 Å². The molecule has 1 aromatic rings. The van der Waals surface area contributed by atoms with E-state index < -0.39 is 0 Å². The van der Waals surface area contributed by atoms with Crippen LogP contribution in [0, 0.1) is 19.3 Å². The van der Waals surface area contributed by atoms with Crippen molar-refractivity contribution in [1.29, 1.82) is 0 Å². The van der Waals surface area contributed by atoms with Crippen LogP contribution in [0.15, 0.2) is 4.99 Å². The molecule has 0 aromatic carbocycles. The summed E-state index contributed by atoms with van der Waals surface area (Å²) in [5.41, 5.74) is 4.07. The zero-order valence-corrected chi connectivity index (χ0v) is 17.5. The van der Waals surface area contributed by atoms with Crippen molar-refractivity contribution < 1.29 is 4.74 Å². The van der Waals surface area contributed by atoms with Crippen molar-refractivity contribution in [2.45, 2.75) is 66.3 Å². The van der Waals surface area contributed by atoms with Gasteiger partial charge in [-0.2, -0.15) is 5.10 Å². The number of ether oxygens (including phenoxy) is 1. The standard InChI is InChI=1S/C20H37N5O/c1-7-21-19(22-14-20(9-10-20)11-12-26-8-2)23-15(3)13-18-16(4)24-25(6)17(18)5/h15H,7-14H2,1-6H3,(H2,21,22,23). The fourth-order valence-electron chi connectivity index (χ4n) is 3.37. The van der Waals surface area contributed by atoms with Crippen LogP contribution >= 0.6 is 0 Å². The molecule has 1 fully saturated rings. The van der Waals surface area contributed by atoms with Crippen LogP contribution in [0.4, 0.5) is 0 Å². The second-order valence-corrected chi connectivity index (χ2v) is 7.66.